The van der Waals surface area contributed by atoms with Gasteiger partial charge in [0.05, 0.1) is 10.6 Å². The van der Waals surface area contributed by atoms with E-state index in [1.165, 1.54) is 18.2 Å². The molecule has 24 heavy (non-hydrogen) atoms. The number of hydrogen-bond donors (Lipinski definition) is 1. The third-order valence-electron chi connectivity index (χ3n) is 3.35. The molecule has 0 radical (unpaired) electrons. The molecule has 122 valence electrons. The SMILES string of the molecule is O=S(=O)(NCc1ccc(-c2cccnc2)nc1)c1cccc(F)c1. The van der Waals surface area contributed by atoms with Gasteiger partial charge in [0.2, 0.25) is 10.0 Å². The highest BCUT2D eigenvalue weighted by molar-refractivity contribution is 7.89. The first kappa shape index (κ1) is 16.2. The molecule has 0 aliphatic heterocycles. The van der Waals surface area contributed by atoms with Gasteiger partial charge in [0.15, 0.2) is 0 Å². The van der Waals surface area contributed by atoms with Crippen LogP contribution in [-0.4, -0.2) is 18.4 Å². The van der Waals surface area contributed by atoms with Crippen LogP contribution in [0.3, 0.4) is 0 Å². The van der Waals surface area contributed by atoms with Crippen LogP contribution in [0.5, 0.6) is 0 Å². The Morgan fingerprint density at radius 2 is 1.92 bits per heavy atom. The van der Waals surface area contributed by atoms with Crippen molar-refractivity contribution in [2.45, 2.75) is 11.4 Å². The zero-order valence-corrected chi connectivity index (χ0v) is 13.4. The summed E-state index contributed by atoms with van der Waals surface area (Å²) in [6.07, 6.45) is 4.98. The lowest BCUT2D eigenvalue weighted by atomic mass is 10.1. The van der Waals surface area contributed by atoms with Gasteiger partial charge in [-0.25, -0.2) is 17.5 Å². The Balaban J connectivity index is 1.71. The molecule has 2 heterocycles. The van der Waals surface area contributed by atoms with Crippen LogP contribution >= 0.6 is 0 Å². The number of aromatic nitrogens is 2. The summed E-state index contributed by atoms with van der Waals surface area (Å²) in [5, 5.41) is 0. The van der Waals surface area contributed by atoms with Gasteiger partial charge < -0.3 is 0 Å². The maximum atomic E-state index is 13.2. The second-order valence-electron chi connectivity index (χ2n) is 5.08. The summed E-state index contributed by atoms with van der Waals surface area (Å²) in [6, 6.07) is 12.2. The topological polar surface area (TPSA) is 72.0 Å². The first-order valence-electron chi connectivity index (χ1n) is 7.15. The van der Waals surface area contributed by atoms with Gasteiger partial charge in [0.1, 0.15) is 5.82 Å². The highest BCUT2D eigenvalue weighted by atomic mass is 32.2. The Hall–Kier alpha value is -2.64. The fraction of sp³-hybridized carbons (Fsp3) is 0.0588. The van der Waals surface area contributed by atoms with Crippen LogP contribution in [0.25, 0.3) is 11.3 Å². The minimum Gasteiger partial charge on any atom is -0.264 e. The van der Waals surface area contributed by atoms with E-state index in [1.807, 2.05) is 12.1 Å². The summed E-state index contributed by atoms with van der Waals surface area (Å²) in [5.74, 6) is -0.597. The van der Waals surface area contributed by atoms with Crippen molar-refractivity contribution in [2.75, 3.05) is 0 Å². The van der Waals surface area contributed by atoms with Crippen molar-refractivity contribution in [1.82, 2.24) is 14.7 Å². The van der Waals surface area contributed by atoms with E-state index in [0.717, 1.165) is 17.3 Å². The number of pyridine rings is 2. The molecule has 7 heteroatoms. The molecule has 0 fully saturated rings. The van der Waals surface area contributed by atoms with Gasteiger partial charge in [0, 0.05) is 30.7 Å². The molecule has 0 saturated heterocycles. The van der Waals surface area contributed by atoms with Crippen LogP contribution < -0.4 is 4.72 Å². The fourth-order valence-corrected chi connectivity index (χ4v) is 3.16. The van der Waals surface area contributed by atoms with Crippen LogP contribution in [0.4, 0.5) is 4.39 Å². The molecule has 0 atom stereocenters. The Kier molecular flexibility index (Phi) is 4.64. The van der Waals surface area contributed by atoms with Gasteiger partial charge in [-0.3, -0.25) is 9.97 Å². The predicted octanol–water partition coefficient (Wildman–Crippen LogP) is 2.76. The van der Waals surface area contributed by atoms with Crippen LogP contribution in [0.2, 0.25) is 0 Å². The summed E-state index contributed by atoms with van der Waals surface area (Å²) in [6.45, 7) is 0.0686. The number of benzene rings is 1. The molecule has 3 aromatic rings. The highest BCUT2D eigenvalue weighted by Crippen LogP contribution is 2.16. The molecule has 2 aromatic heterocycles. The van der Waals surface area contributed by atoms with Crippen molar-refractivity contribution in [3.8, 4) is 11.3 Å². The first-order chi connectivity index (χ1) is 11.5. The van der Waals surface area contributed by atoms with Crippen molar-refractivity contribution >= 4 is 10.0 Å². The van der Waals surface area contributed by atoms with Gasteiger partial charge in [-0.05, 0) is 42.0 Å². The first-order valence-corrected chi connectivity index (χ1v) is 8.63. The Morgan fingerprint density at radius 1 is 1.04 bits per heavy atom. The third kappa shape index (κ3) is 3.81. The van der Waals surface area contributed by atoms with Crippen molar-refractivity contribution in [3.63, 3.8) is 0 Å². The molecule has 3 rings (SSSR count). The molecular weight excluding hydrogens is 329 g/mol. The van der Waals surface area contributed by atoms with Crippen molar-refractivity contribution in [2.24, 2.45) is 0 Å². The third-order valence-corrected chi connectivity index (χ3v) is 4.75. The zero-order valence-electron chi connectivity index (χ0n) is 12.6. The number of nitrogens with zero attached hydrogens (tertiary/aromatic N) is 2. The molecule has 1 N–H and O–H groups in total. The average Bonchev–Trinajstić information content (AvgIpc) is 2.61. The van der Waals surface area contributed by atoms with E-state index < -0.39 is 15.8 Å². The van der Waals surface area contributed by atoms with Gasteiger partial charge in [-0.1, -0.05) is 12.1 Å². The van der Waals surface area contributed by atoms with E-state index >= 15 is 0 Å². The van der Waals surface area contributed by atoms with Gasteiger partial charge in [0.25, 0.3) is 0 Å². The van der Waals surface area contributed by atoms with E-state index in [4.69, 9.17) is 0 Å². The maximum absolute atomic E-state index is 13.2. The van der Waals surface area contributed by atoms with Gasteiger partial charge in [-0.15, -0.1) is 0 Å². The summed E-state index contributed by atoms with van der Waals surface area (Å²) in [7, 11) is -3.77. The standard InChI is InChI=1S/C17H14FN3O2S/c18-15-4-1-5-16(9-15)24(22,23)21-11-13-6-7-17(20-10-13)14-3-2-8-19-12-14/h1-10,12,21H,11H2. The van der Waals surface area contributed by atoms with Crippen LogP contribution in [0.15, 0.2) is 72.0 Å². The second-order valence-corrected chi connectivity index (χ2v) is 6.84. The fourth-order valence-electron chi connectivity index (χ4n) is 2.11. The molecule has 0 unspecified atom stereocenters. The summed E-state index contributed by atoms with van der Waals surface area (Å²) in [4.78, 5) is 8.22. The number of nitrogens with one attached hydrogen (secondary N) is 1. The number of halogens is 1. The minimum absolute atomic E-state index is 0.0686. The van der Waals surface area contributed by atoms with Gasteiger partial charge >= 0.3 is 0 Å². The highest BCUT2D eigenvalue weighted by Gasteiger charge is 2.14. The molecule has 5 nitrogen and oxygen atoms in total. The lowest BCUT2D eigenvalue weighted by molar-refractivity contribution is 0.577. The van der Waals surface area contributed by atoms with Crippen molar-refractivity contribution in [1.29, 1.82) is 0 Å². The number of hydrogen-bond acceptors (Lipinski definition) is 4. The lowest BCUT2D eigenvalue weighted by Crippen LogP contribution is -2.23. The molecule has 0 saturated carbocycles. The van der Waals surface area contributed by atoms with Crippen LogP contribution in [0, 0.1) is 5.82 Å². The smallest absolute Gasteiger partial charge is 0.240 e. The molecule has 0 aliphatic rings. The average molecular weight is 343 g/mol. The summed E-state index contributed by atoms with van der Waals surface area (Å²) in [5.41, 5.74) is 2.33. The molecule has 0 amide bonds. The Bertz CT molecular complexity index is 930. The summed E-state index contributed by atoms with van der Waals surface area (Å²) < 4.78 is 39.9. The van der Waals surface area contributed by atoms with Gasteiger partial charge in [-0.2, -0.15) is 0 Å². The molecule has 0 aliphatic carbocycles. The predicted molar refractivity (Wildman–Crippen MR) is 87.9 cm³/mol. The van der Waals surface area contributed by atoms with E-state index in [2.05, 4.69) is 14.7 Å². The van der Waals surface area contributed by atoms with E-state index in [0.29, 0.717) is 5.56 Å². The van der Waals surface area contributed by atoms with E-state index in [-0.39, 0.29) is 11.4 Å². The Morgan fingerprint density at radius 3 is 2.58 bits per heavy atom. The molecular formula is C17H14FN3O2S. The second kappa shape index (κ2) is 6.86. The number of rotatable bonds is 5. The largest absolute Gasteiger partial charge is 0.264 e. The normalized spacial score (nSPS) is 11.4. The van der Waals surface area contributed by atoms with E-state index in [1.54, 1.807) is 30.7 Å². The number of sulfonamides is 1. The molecule has 0 bridgehead atoms. The molecule has 1 aromatic carbocycles. The minimum atomic E-state index is -3.77. The quantitative estimate of drug-likeness (QED) is 0.773. The lowest BCUT2D eigenvalue weighted by Gasteiger charge is -2.07. The zero-order chi connectivity index (χ0) is 17.0. The van der Waals surface area contributed by atoms with Crippen LogP contribution in [-0.2, 0) is 16.6 Å². The monoisotopic (exact) mass is 343 g/mol. The molecule has 0 spiro atoms. The van der Waals surface area contributed by atoms with Crippen LogP contribution in [0.1, 0.15) is 5.56 Å². The van der Waals surface area contributed by atoms with E-state index in [9.17, 15) is 12.8 Å². The Labute approximate surface area is 139 Å². The maximum Gasteiger partial charge on any atom is 0.240 e. The summed E-state index contributed by atoms with van der Waals surface area (Å²) >= 11 is 0. The van der Waals surface area contributed by atoms with Crippen molar-refractivity contribution < 1.29 is 12.8 Å². The van der Waals surface area contributed by atoms with Crippen molar-refractivity contribution in [3.05, 3.63) is 78.5 Å².